The highest BCUT2D eigenvalue weighted by Crippen LogP contribution is 2.30. The Morgan fingerprint density at radius 2 is 1.69 bits per heavy atom. The van der Waals surface area contributed by atoms with Crippen LogP contribution in [0.25, 0.3) is 0 Å². The van der Waals surface area contributed by atoms with Gasteiger partial charge in [-0.2, -0.15) is 0 Å². The van der Waals surface area contributed by atoms with E-state index in [0.717, 1.165) is 24.3 Å². The molecule has 2 N–H and O–H groups in total. The van der Waals surface area contributed by atoms with Crippen molar-refractivity contribution in [1.29, 1.82) is 0 Å². The van der Waals surface area contributed by atoms with E-state index in [1.807, 2.05) is 30.9 Å². The van der Waals surface area contributed by atoms with E-state index >= 15 is 0 Å². The fraction of sp³-hybridized carbons (Fsp3) is 0.348. The number of anilines is 2. The molecule has 0 spiro atoms. The summed E-state index contributed by atoms with van der Waals surface area (Å²) in [6.07, 6.45) is 0.198. The quantitative estimate of drug-likeness (QED) is 0.607. The minimum atomic E-state index is -0.221. The third-order valence-corrected chi connectivity index (χ3v) is 5.92. The molecule has 1 heterocycles. The first kappa shape index (κ1) is 24.3. The summed E-state index contributed by atoms with van der Waals surface area (Å²) >= 11 is 17.6. The van der Waals surface area contributed by atoms with Gasteiger partial charge < -0.3 is 20.4 Å². The number of amides is 2. The number of halogens is 2. The van der Waals surface area contributed by atoms with E-state index in [9.17, 15) is 9.59 Å². The number of nitrogens with zero attached hydrogens (tertiary/aromatic N) is 2. The molecule has 0 aliphatic carbocycles. The number of hydrogen-bond acceptors (Lipinski definition) is 4. The molecule has 0 radical (unpaired) electrons. The summed E-state index contributed by atoms with van der Waals surface area (Å²) in [5.74, 6) is -0.0331. The van der Waals surface area contributed by atoms with E-state index in [0.29, 0.717) is 28.8 Å². The lowest BCUT2D eigenvalue weighted by molar-refractivity contribution is -0.134. The molecule has 0 atom stereocenters. The van der Waals surface area contributed by atoms with Gasteiger partial charge in [0, 0.05) is 42.8 Å². The molecule has 0 saturated carbocycles. The zero-order valence-corrected chi connectivity index (χ0v) is 20.4. The largest absolute Gasteiger partial charge is 0.367 e. The standard InChI is InChI=1S/C23H26Cl2N4O2S/c1-15(2)22(31)29-11-9-28(10-12-29)20-8-7-18(14-19(20)25)26-23(32)27-21(30)13-16-3-5-17(24)6-4-16/h3-8,14-15H,9-13H2,1-2H3,(H2,26,27,30,32). The molecular weight excluding hydrogens is 467 g/mol. The predicted octanol–water partition coefficient (Wildman–Crippen LogP) is 4.35. The third kappa shape index (κ3) is 6.58. The van der Waals surface area contributed by atoms with E-state index < -0.39 is 0 Å². The van der Waals surface area contributed by atoms with Gasteiger partial charge in [-0.25, -0.2) is 0 Å². The number of rotatable bonds is 5. The molecule has 1 aliphatic rings. The van der Waals surface area contributed by atoms with Crippen LogP contribution in [0, 0.1) is 5.92 Å². The van der Waals surface area contributed by atoms with Crippen molar-refractivity contribution in [2.24, 2.45) is 5.92 Å². The van der Waals surface area contributed by atoms with Crippen LogP contribution in [0.2, 0.25) is 10.0 Å². The molecule has 32 heavy (non-hydrogen) atoms. The van der Waals surface area contributed by atoms with Crippen molar-refractivity contribution in [3.05, 3.63) is 58.1 Å². The summed E-state index contributed by atoms with van der Waals surface area (Å²) in [5, 5.41) is 7.07. The lowest BCUT2D eigenvalue weighted by Gasteiger charge is -2.37. The Morgan fingerprint density at radius 3 is 2.28 bits per heavy atom. The molecule has 0 bridgehead atoms. The second-order valence-electron chi connectivity index (χ2n) is 7.94. The minimum Gasteiger partial charge on any atom is -0.367 e. The number of piperazine rings is 1. The zero-order chi connectivity index (χ0) is 23.3. The Kier molecular flexibility index (Phi) is 8.34. The van der Waals surface area contributed by atoms with Crippen LogP contribution in [0.1, 0.15) is 19.4 Å². The van der Waals surface area contributed by atoms with E-state index in [-0.39, 0.29) is 29.3 Å². The zero-order valence-electron chi connectivity index (χ0n) is 18.0. The number of benzene rings is 2. The van der Waals surface area contributed by atoms with Crippen LogP contribution in [-0.2, 0) is 16.0 Å². The van der Waals surface area contributed by atoms with Crippen LogP contribution >= 0.6 is 35.4 Å². The molecule has 2 aromatic carbocycles. The lowest BCUT2D eigenvalue weighted by atomic mass is 10.1. The van der Waals surface area contributed by atoms with E-state index in [4.69, 9.17) is 35.4 Å². The summed E-state index contributed by atoms with van der Waals surface area (Å²) in [6.45, 7) is 6.64. The SMILES string of the molecule is CC(C)C(=O)N1CCN(c2ccc(NC(=S)NC(=O)Cc3ccc(Cl)cc3)cc2Cl)CC1. The van der Waals surface area contributed by atoms with Gasteiger partial charge in [0.1, 0.15) is 0 Å². The van der Waals surface area contributed by atoms with Crippen LogP contribution in [0.15, 0.2) is 42.5 Å². The first-order chi connectivity index (χ1) is 15.2. The first-order valence-corrected chi connectivity index (χ1v) is 11.6. The number of hydrogen-bond donors (Lipinski definition) is 2. The lowest BCUT2D eigenvalue weighted by Crippen LogP contribution is -2.50. The topological polar surface area (TPSA) is 64.7 Å². The van der Waals surface area contributed by atoms with Crippen molar-refractivity contribution < 1.29 is 9.59 Å². The van der Waals surface area contributed by atoms with E-state index in [2.05, 4.69) is 15.5 Å². The van der Waals surface area contributed by atoms with Gasteiger partial charge in [0.05, 0.1) is 17.1 Å². The maximum atomic E-state index is 12.2. The van der Waals surface area contributed by atoms with Crippen molar-refractivity contribution in [3.8, 4) is 0 Å². The van der Waals surface area contributed by atoms with Crippen LogP contribution in [0.5, 0.6) is 0 Å². The fourth-order valence-electron chi connectivity index (χ4n) is 3.49. The molecule has 1 aliphatic heterocycles. The number of carbonyl (C=O) groups is 2. The third-order valence-electron chi connectivity index (χ3n) is 5.16. The van der Waals surface area contributed by atoms with Gasteiger partial charge in [-0.1, -0.05) is 49.2 Å². The van der Waals surface area contributed by atoms with E-state index in [1.165, 1.54) is 0 Å². The van der Waals surface area contributed by atoms with Crippen LogP contribution < -0.4 is 15.5 Å². The Labute approximate surface area is 203 Å². The van der Waals surface area contributed by atoms with Gasteiger partial charge in [-0.3, -0.25) is 9.59 Å². The minimum absolute atomic E-state index is 0.00557. The predicted molar refractivity (Wildman–Crippen MR) is 135 cm³/mol. The van der Waals surface area contributed by atoms with Crippen molar-refractivity contribution >= 4 is 63.7 Å². The Morgan fingerprint density at radius 1 is 1.03 bits per heavy atom. The number of carbonyl (C=O) groups excluding carboxylic acids is 2. The highest BCUT2D eigenvalue weighted by Gasteiger charge is 2.24. The molecule has 2 aromatic rings. The van der Waals surface area contributed by atoms with Gasteiger partial charge in [-0.15, -0.1) is 0 Å². The van der Waals surface area contributed by atoms with Gasteiger partial charge in [-0.05, 0) is 48.1 Å². The van der Waals surface area contributed by atoms with Crippen LogP contribution in [0.3, 0.4) is 0 Å². The average Bonchev–Trinajstić information content (AvgIpc) is 2.75. The van der Waals surface area contributed by atoms with Crippen molar-refractivity contribution in [2.75, 3.05) is 36.4 Å². The molecule has 0 unspecified atom stereocenters. The van der Waals surface area contributed by atoms with Gasteiger partial charge >= 0.3 is 0 Å². The summed E-state index contributed by atoms with van der Waals surface area (Å²) in [7, 11) is 0. The van der Waals surface area contributed by atoms with Gasteiger partial charge in [0.25, 0.3) is 0 Å². The molecule has 0 aromatic heterocycles. The molecule has 6 nitrogen and oxygen atoms in total. The van der Waals surface area contributed by atoms with E-state index in [1.54, 1.807) is 30.3 Å². The second-order valence-corrected chi connectivity index (χ2v) is 9.19. The fourth-order valence-corrected chi connectivity index (χ4v) is 4.15. The number of thiocarbonyl (C=S) groups is 1. The van der Waals surface area contributed by atoms with Crippen LogP contribution in [0.4, 0.5) is 11.4 Å². The monoisotopic (exact) mass is 492 g/mol. The molecule has 1 saturated heterocycles. The molecule has 1 fully saturated rings. The molecule has 170 valence electrons. The smallest absolute Gasteiger partial charge is 0.230 e. The average molecular weight is 493 g/mol. The summed E-state index contributed by atoms with van der Waals surface area (Å²) in [4.78, 5) is 28.5. The second kappa shape index (κ2) is 11.0. The maximum Gasteiger partial charge on any atom is 0.230 e. The molecule has 3 rings (SSSR count). The first-order valence-electron chi connectivity index (χ1n) is 10.4. The normalized spacial score (nSPS) is 13.8. The van der Waals surface area contributed by atoms with Crippen molar-refractivity contribution in [1.82, 2.24) is 10.2 Å². The Hall–Kier alpha value is -2.35. The summed E-state index contributed by atoms with van der Waals surface area (Å²) in [6, 6.07) is 12.6. The highest BCUT2D eigenvalue weighted by atomic mass is 35.5. The Balaban J connectivity index is 1.52. The highest BCUT2D eigenvalue weighted by molar-refractivity contribution is 7.80. The molecular formula is C23H26Cl2N4O2S. The van der Waals surface area contributed by atoms with Crippen molar-refractivity contribution in [3.63, 3.8) is 0 Å². The van der Waals surface area contributed by atoms with Crippen LogP contribution in [-0.4, -0.2) is 48.0 Å². The molecule has 2 amide bonds. The van der Waals surface area contributed by atoms with Gasteiger partial charge in [0.15, 0.2) is 5.11 Å². The van der Waals surface area contributed by atoms with Gasteiger partial charge in [0.2, 0.25) is 11.8 Å². The maximum absolute atomic E-state index is 12.2. The molecule has 9 heteroatoms. The summed E-state index contributed by atoms with van der Waals surface area (Å²) < 4.78 is 0. The summed E-state index contributed by atoms with van der Waals surface area (Å²) in [5.41, 5.74) is 2.44. The number of nitrogens with one attached hydrogen (secondary N) is 2. The van der Waals surface area contributed by atoms with Crippen molar-refractivity contribution in [2.45, 2.75) is 20.3 Å². The Bertz CT molecular complexity index is 990.